The van der Waals surface area contributed by atoms with Crippen LogP contribution in [0.4, 0.5) is 5.69 Å². The van der Waals surface area contributed by atoms with Gasteiger partial charge in [0.15, 0.2) is 0 Å². The monoisotopic (exact) mass is 329 g/mol. The predicted octanol–water partition coefficient (Wildman–Crippen LogP) is 3.37. The van der Waals surface area contributed by atoms with Gasteiger partial charge in [0.25, 0.3) is 0 Å². The molecule has 1 saturated heterocycles. The summed E-state index contributed by atoms with van der Waals surface area (Å²) < 4.78 is 0. The first kappa shape index (κ1) is 17.4. The van der Waals surface area contributed by atoms with Crippen LogP contribution in [0.3, 0.4) is 0 Å². The zero-order valence-electron chi connectivity index (χ0n) is 14.8. The lowest BCUT2D eigenvalue weighted by Crippen LogP contribution is -2.34. The molecule has 1 aromatic rings. The molecular formula is C20H31N3O. The maximum Gasteiger partial charge on any atom is 0.227 e. The molecule has 2 atom stereocenters. The summed E-state index contributed by atoms with van der Waals surface area (Å²) in [7, 11) is 0. The lowest BCUT2D eigenvalue weighted by molar-refractivity contribution is -0.120. The summed E-state index contributed by atoms with van der Waals surface area (Å²) in [6, 6.07) is 8.52. The van der Waals surface area contributed by atoms with Crippen molar-refractivity contribution in [2.24, 2.45) is 17.6 Å². The number of nitrogens with two attached hydrogens (primary N) is 1. The average molecular weight is 329 g/mol. The molecule has 4 heteroatoms. The summed E-state index contributed by atoms with van der Waals surface area (Å²) in [5.41, 5.74) is 8.21. The number of anilines is 1. The smallest absolute Gasteiger partial charge is 0.227 e. The van der Waals surface area contributed by atoms with Crippen molar-refractivity contribution in [3.05, 3.63) is 29.8 Å². The van der Waals surface area contributed by atoms with Crippen molar-refractivity contribution in [1.29, 1.82) is 0 Å². The number of hydrogen-bond donors (Lipinski definition) is 2. The van der Waals surface area contributed by atoms with Crippen molar-refractivity contribution in [2.75, 3.05) is 18.4 Å². The Kier molecular flexibility index (Phi) is 5.90. The first-order valence-corrected chi connectivity index (χ1v) is 9.48. The number of nitrogens with zero attached hydrogens (tertiary/aromatic N) is 1. The molecule has 4 nitrogen and oxygen atoms in total. The third kappa shape index (κ3) is 4.81. The van der Waals surface area contributed by atoms with Crippen LogP contribution in [0.1, 0.15) is 51.0 Å². The topological polar surface area (TPSA) is 58.4 Å². The number of likely N-dealkylation sites (tertiary alicyclic amines) is 1. The molecule has 0 bridgehead atoms. The fraction of sp³-hybridized carbons (Fsp3) is 0.650. The van der Waals surface area contributed by atoms with Gasteiger partial charge in [-0.1, -0.05) is 25.5 Å². The van der Waals surface area contributed by atoms with Crippen molar-refractivity contribution >= 4 is 11.6 Å². The minimum atomic E-state index is 0.0729. The second-order valence-electron chi connectivity index (χ2n) is 7.77. The standard InChI is InChI=1S/C20H31N3O/c1-15-9-11-23(12-10-15)14-16-5-7-19(8-6-16)22-20(24)17-3-2-4-18(21)13-17/h5-8,15,17-18H,2-4,9-14,21H2,1H3,(H,22,24). The van der Waals surface area contributed by atoms with Gasteiger partial charge in [-0.05, 0) is 68.8 Å². The Labute approximate surface area is 145 Å². The molecule has 1 saturated carbocycles. The Morgan fingerprint density at radius 2 is 1.88 bits per heavy atom. The van der Waals surface area contributed by atoms with Gasteiger partial charge in [0.2, 0.25) is 5.91 Å². The number of benzene rings is 1. The summed E-state index contributed by atoms with van der Waals surface area (Å²) in [6.45, 7) is 5.75. The van der Waals surface area contributed by atoms with E-state index in [0.717, 1.165) is 43.8 Å². The van der Waals surface area contributed by atoms with Crippen LogP contribution in [0, 0.1) is 11.8 Å². The van der Waals surface area contributed by atoms with E-state index in [0.29, 0.717) is 0 Å². The molecule has 1 aliphatic carbocycles. The number of nitrogens with one attached hydrogen (secondary N) is 1. The first-order chi connectivity index (χ1) is 11.6. The van der Waals surface area contributed by atoms with E-state index in [1.165, 1.54) is 31.5 Å². The number of rotatable bonds is 4. The third-order valence-corrected chi connectivity index (χ3v) is 5.59. The molecule has 0 radical (unpaired) electrons. The normalized spacial score (nSPS) is 26.2. The molecule has 3 N–H and O–H groups in total. The van der Waals surface area contributed by atoms with E-state index in [4.69, 9.17) is 5.73 Å². The van der Waals surface area contributed by atoms with Crippen molar-refractivity contribution in [1.82, 2.24) is 4.90 Å². The van der Waals surface area contributed by atoms with Crippen LogP contribution in [-0.4, -0.2) is 29.9 Å². The van der Waals surface area contributed by atoms with Gasteiger partial charge in [0, 0.05) is 24.2 Å². The third-order valence-electron chi connectivity index (χ3n) is 5.59. The van der Waals surface area contributed by atoms with E-state index in [2.05, 4.69) is 29.3 Å². The minimum absolute atomic E-state index is 0.0729. The molecule has 1 aromatic carbocycles. The SMILES string of the molecule is CC1CCN(Cc2ccc(NC(=O)C3CCCC(N)C3)cc2)CC1. The number of carbonyl (C=O) groups excluding carboxylic acids is 1. The fourth-order valence-corrected chi connectivity index (χ4v) is 3.88. The van der Waals surface area contributed by atoms with Gasteiger partial charge < -0.3 is 11.1 Å². The molecule has 2 fully saturated rings. The molecule has 2 aliphatic rings. The molecule has 2 unspecified atom stereocenters. The van der Waals surface area contributed by atoms with Gasteiger partial charge in [0.05, 0.1) is 0 Å². The van der Waals surface area contributed by atoms with Crippen LogP contribution in [0.15, 0.2) is 24.3 Å². The second-order valence-corrected chi connectivity index (χ2v) is 7.77. The van der Waals surface area contributed by atoms with Gasteiger partial charge in [-0.25, -0.2) is 0 Å². The van der Waals surface area contributed by atoms with Crippen molar-refractivity contribution in [2.45, 2.75) is 58.0 Å². The highest BCUT2D eigenvalue weighted by atomic mass is 16.1. The van der Waals surface area contributed by atoms with Crippen LogP contribution < -0.4 is 11.1 Å². The van der Waals surface area contributed by atoms with E-state index in [1.807, 2.05) is 12.1 Å². The van der Waals surface area contributed by atoms with E-state index >= 15 is 0 Å². The van der Waals surface area contributed by atoms with Crippen LogP contribution in [0.5, 0.6) is 0 Å². The summed E-state index contributed by atoms with van der Waals surface area (Å²) in [5.74, 6) is 1.07. The summed E-state index contributed by atoms with van der Waals surface area (Å²) in [6.07, 6.45) is 6.50. The lowest BCUT2D eigenvalue weighted by atomic mass is 9.85. The Hall–Kier alpha value is -1.39. The van der Waals surface area contributed by atoms with Gasteiger partial charge in [0.1, 0.15) is 0 Å². The van der Waals surface area contributed by atoms with E-state index < -0.39 is 0 Å². The minimum Gasteiger partial charge on any atom is -0.328 e. The molecule has 1 amide bonds. The molecule has 1 heterocycles. The van der Waals surface area contributed by atoms with Gasteiger partial charge in [-0.3, -0.25) is 9.69 Å². The molecule has 0 spiro atoms. The summed E-state index contributed by atoms with van der Waals surface area (Å²) in [4.78, 5) is 14.9. The largest absolute Gasteiger partial charge is 0.328 e. The molecular weight excluding hydrogens is 298 g/mol. The number of amides is 1. The maximum absolute atomic E-state index is 12.4. The van der Waals surface area contributed by atoms with Crippen molar-refractivity contribution < 1.29 is 4.79 Å². The Balaban J connectivity index is 1.50. The van der Waals surface area contributed by atoms with Crippen LogP contribution in [0.2, 0.25) is 0 Å². The zero-order valence-corrected chi connectivity index (χ0v) is 14.8. The summed E-state index contributed by atoms with van der Waals surface area (Å²) in [5, 5.41) is 3.06. The highest BCUT2D eigenvalue weighted by Crippen LogP contribution is 2.25. The zero-order chi connectivity index (χ0) is 16.9. The van der Waals surface area contributed by atoms with E-state index in [1.54, 1.807) is 0 Å². The highest BCUT2D eigenvalue weighted by Gasteiger charge is 2.25. The van der Waals surface area contributed by atoms with Gasteiger partial charge in [-0.2, -0.15) is 0 Å². The lowest BCUT2D eigenvalue weighted by Gasteiger charge is -2.30. The number of piperidine rings is 1. The molecule has 132 valence electrons. The highest BCUT2D eigenvalue weighted by molar-refractivity contribution is 5.92. The van der Waals surface area contributed by atoms with Crippen molar-refractivity contribution in [3.63, 3.8) is 0 Å². The molecule has 0 aromatic heterocycles. The Morgan fingerprint density at radius 1 is 1.17 bits per heavy atom. The number of carbonyl (C=O) groups is 1. The predicted molar refractivity (Wildman–Crippen MR) is 98.7 cm³/mol. The Bertz CT molecular complexity index is 534. The van der Waals surface area contributed by atoms with Crippen molar-refractivity contribution in [3.8, 4) is 0 Å². The fourth-order valence-electron chi connectivity index (χ4n) is 3.88. The quantitative estimate of drug-likeness (QED) is 0.890. The first-order valence-electron chi connectivity index (χ1n) is 9.48. The summed E-state index contributed by atoms with van der Waals surface area (Å²) >= 11 is 0. The number of hydrogen-bond acceptors (Lipinski definition) is 3. The second kappa shape index (κ2) is 8.13. The van der Waals surface area contributed by atoms with Crippen LogP contribution >= 0.6 is 0 Å². The van der Waals surface area contributed by atoms with E-state index in [-0.39, 0.29) is 17.9 Å². The van der Waals surface area contributed by atoms with Gasteiger partial charge in [-0.15, -0.1) is 0 Å². The average Bonchev–Trinajstić information content (AvgIpc) is 2.59. The van der Waals surface area contributed by atoms with E-state index in [9.17, 15) is 4.79 Å². The molecule has 3 rings (SSSR count). The molecule has 24 heavy (non-hydrogen) atoms. The Morgan fingerprint density at radius 3 is 2.54 bits per heavy atom. The van der Waals surface area contributed by atoms with Crippen LogP contribution in [-0.2, 0) is 11.3 Å². The van der Waals surface area contributed by atoms with Gasteiger partial charge >= 0.3 is 0 Å². The molecule has 1 aliphatic heterocycles. The van der Waals surface area contributed by atoms with Crippen LogP contribution in [0.25, 0.3) is 0 Å². The maximum atomic E-state index is 12.4.